The Morgan fingerprint density at radius 1 is 1.09 bits per heavy atom. The zero-order valence-electron chi connectivity index (χ0n) is 15.2. The summed E-state index contributed by atoms with van der Waals surface area (Å²) in [4.78, 5) is 20.8. The number of pyridine rings is 1. The van der Waals surface area contributed by atoms with Crippen molar-refractivity contribution in [2.75, 3.05) is 33.2 Å². The van der Waals surface area contributed by atoms with Crippen LogP contribution in [0.4, 0.5) is 0 Å². The van der Waals surface area contributed by atoms with Crippen molar-refractivity contribution < 1.29 is 4.79 Å². The van der Waals surface area contributed by atoms with Crippen molar-refractivity contribution in [3.8, 4) is 0 Å². The first kappa shape index (κ1) is 20.7. The Hall–Kier alpha value is -1.26. The molecule has 0 radical (unpaired) electrons. The first-order chi connectivity index (χ1) is 10.7. The highest BCUT2D eigenvalue weighted by Crippen LogP contribution is 2.08. The van der Waals surface area contributed by atoms with Crippen molar-refractivity contribution in [3.63, 3.8) is 0 Å². The quantitative estimate of drug-likeness (QED) is 0.798. The number of nitrogens with zero attached hydrogens (tertiary/aromatic N) is 3. The summed E-state index contributed by atoms with van der Waals surface area (Å²) in [5.74, 6) is 0.121. The molecule has 1 aliphatic rings. The smallest absolute Gasteiger partial charge is 0.180 e. The van der Waals surface area contributed by atoms with E-state index >= 15 is 0 Å². The van der Waals surface area contributed by atoms with Crippen LogP contribution in [0.2, 0.25) is 0 Å². The van der Waals surface area contributed by atoms with Crippen LogP contribution in [0, 0.1) is 0 Å². The molecule has 1 saturated heterocycles. The van der Waals surface area contributed by atoms with Gasteiger partial charge >= 0.3 is 0 Å². The minimum Gasteiger partial charge on any atom is -0.304 e. The zero-order chi connectivity index (χ0) is 17.0. The molecule has 0 aromatic carbocycles. The average molecular weight is 307 g/mol. The van der Waals surface area contributed by atoms with Crippen LogP contribution in [0.15, 0.2) is 18.2 Å². The third-order valence-corrected chi connectivity index (χ3v) is 3.40. The van der Waals surface area contributed by atoms with Gasteiger partial charge < -0.3 is 4.90 Å². The van der Waals surface area contributed by atoms with Crippen LogP contribution in [-0.2, 0) is 6.54 Å². The first-order valence-corrected chi connectivity index (χ1v) is 8.59. The Kier molecular flexibility index (Phi) is 11.6. The standard InChI is InChI=1S/C14H21N3O.2C2H6/c1-3-14(18)13-6-4-5-12(15-13)11-17-9-7-16(2)8-10-17;2*1-2/h4-6H,3,7-11H2,1-2H3;2*1-2H3. The SMILES string of the molecule is CC.CC.CCC(=O)c1cccc(CN2CCN(C)CC2)n1. The fraction of sp³-hybridized carbons (Fsp3) is 0.667. The van der Waals surface area contributed by atoms with Gasteiger partial charge in [-0.05, 0) is 19.2 Å². The fourth-order valence-electron chi connectivity index (χ4n) is 2.14. The Balaban J connectivity index is 0.00000102. The van der Waals surface area contributed by atoms with E-state index in [-0.39, 0.29) is 5.78 Å². The largest absolute Gasteiger partial charge is 0.304 e. The molecule has 0 bridgehead atoms. The summed E-state index contributed by atoms with van der Waals surface area (Å²) >= 11 is 0. The van der Waals surface area contributed by atoms with Crippen LogP contribution in [0.25, 0.3) is 0 Å². The number of piperazine rings is 1. The van der Waals surface area contributed by atoms with Gasteiger partial charge in [-0.1, -0.05) is 40.7 Å². The molecule has 0 aliphatic carbocycles. The van der Waals surface area contributed by atoms with Crippen molar-refractivity contribution in [1.29, 1.82) is 0 Å². The number of aromatic nitrogens is 1. The second kappa shape index (κ2) is 12.3. The molecule has 2 heterocycles. The van der Waals surface area contributed by atoms with Gasteiger partial charge in [-0.15, -0.1) is 0 Å². The number of rotatable bonds is 4. The summed E-state index contributed by atoms with van der Waals surface area (Å²) < 4.78 is 0. The molecular weight excluding hydrogens is 274 g/mol. The summed E-state index contributed by atoms with van der Waals surface area (Å²) in [7, 11) is 2.15. The van der Waals surface area contributed by atoms with Crippen LogP contribution in [0.3, 0.4) is 0 Å². The van der Waals surface area contributed by atoms with Gasteiger partial charge in [0.25, 0.3) is 0 Å². The second-order valence-electron chi connectivity index (χ2n) is 4.87. The molecule has 4 heteroatoms. The monoisotopic (exact) mass is 307 g/mol. The molecule has 1 aromatic rings. The number of carbonyl (C=O) groups excluding carboxylic acids is 1. The van der Waals surface area contributed by atoms with Crippen LogP contribution < -0.4 is 0 Å². The van der Waals surface area contributed by atoms with Crippen LogP contribution in [-0.4, -0.2) is 53.8 Å². The Labute approximate surface area is 136 Å². The van der Waals surface area contributed by atoms with Gasteiger partial charge in [-0.2, -0.15) is 0 Å². The lowest BCUT2D eigenvalue weighted by atomic mass is 10.2. The maximum Gasteiger partial charge on any atom is 0.180 e. The van der Waals surface area contributed by atoms with Gasteiger partial charge in [-0.3, -0.25) is 9.69 Å². The predicted octanol–water partition coefficient (Wildman–Crippen LogP) is 3.47. The van der Waals surface area contributed by atoms with Gasteiger partial charge in [0, 0.05) is 39.1 Å². The zero-order valence-corrected chi connectivity index (χ0v) is 15.2. The molecule has 1 aliphatic heterocycles. The van der Waals surface area contributed by atoms with E-state index < -0.39 is 0 Å². The highest BCUT2D eigenvalue weighted by Gasteiger charge is 2.14. The van der Waals surface area contributed by atoms with Crippen molar-refractivity contribution >= 4 is 5.78 Å². The maximum absolute atomic E-state index is 11.6. The van der Waals surface area contributed by atoms with Gasteiger partial charge in [0.15, 0.2) is 5.78 Å². The molecule has 4 nitrogen and oxygen atoms in total. The third kappa shape index (κ3) is 7.14. The third-order valence-electron chi connectivity index (χ3n) is 3.40. The maximum atomic E-state index is 11.6. The molecule has 2 rings (SSSR count). The summed E-state index contributed by atoms with van der Waals surface area (Å²) in [5, 5.41) is 0. The van der Waals surface area contributed by atoms with Gasteiger partial charge in [0.1, 0.15) is 5.69 Å². The van der Waals surface area contributed by atoms with Crippen molar-refractivity contribution in [1.82, 2.24) is 14.8 Å². The Bertz CT molecular complexity index is 413. The van der Waals surface area contributed by atoms with Crippen molar-refractivity contribution in [3.05, 3.63) is 29.6 Å². The van der Waals surface area contributed by atoms with Crippen LogP contribution in [0.1, 0.15) is 57.2 Å². The van der Waals surface area contributed by atoms with Crippen molar-refractivity contribution in [2.24, 2.45) is 0 Å². The van der Waals surface area contributed by atoms with E-state index in [1.165, 1.54) is 0 Å². The molecule has 1 fully saturated rings. The van der Waals surface area contributed by atoms with Crippen LogP contribution >= 0.6 is 0 Å². The summed E-state index contributed by atoms with van der Waals surface area (Å²) in [6, 6.07) is 5.74. The number of hydrogen-bond donors (Lipinski definition) is 0. The van der Waals surface area contributed by atoms with Gasteiger partial charge in [-0.25, -0.2) is 4.98 Å². The molecule has 0 atom stereocenters. The molecule has 0 unspecified atom stereocenters. The predicted molar refractivity (Wildman–Crippen MR) is 94.3 cm³/mol. The Morgan fingerprint density at radius 3 is 2.23 bits per heavy atom. The minimum absolute atomic E-state index is 0.121. The van der Waals surface area contributed by atoms with E-state index in [0.29, 0.717) is 12.1 Å². The lowest BCUT2D eigenvalue weighted by molar-refractivity contribution is 0.0982. The lowest BCUT2D eigenvalue weighted by Gasteiger charge is -2.32. The molecule has 0 N–H and O–H groups in total. The topological polar surface area (TPSA) is 36.4 Å². The number of carbonyl (C=O) groups is 1. The molecule has 0 amide bonds. The van der Waals surface area contributed by atoms with E-state index in [4.69, 9.17) is 0 Å². The average Bonchev–Trinajstić information content (AvgIpc) is 2.60. The molecule has 0 spiro atoms. The van der Waals surface area contributed by atoms with Crippen molar-refractivity contribution in [2.45, 2.75) is 47.6 Å². The van der Waals surface area contributed by atoms with Crippen LogP contribution in [0.5, 0.6) is 0 Å². The summed E-state index contributed by atoms with van der Waals surface area (Å²) in [6.07, 6.45) is 0.519. The minimum atomic E-state index is 0.121. The molecule has 126 valence electrons. The van der Waals surface area contributed by atoms with E-state index in [9.17, 15) is 4.79 Å². The number of hydrogen-bond acceptors (Lipinski definition) is 4. The highest BCUT2D eigenvalue weighted by molar-refractivity contribution is 5.93. The summed E-state index contributed by atoms with van der Waals surface area (Å²) in [6.45, 7) is 15.1. The molecule has 22 heavy (non-hydrogen) atoms. The highest BCUT2D eigenvalue weighted by atomic mass is 16.1. The summed E-state index contributed by atoms with van der Waals surface area (Å²) in [5.41, 5.74) is 1.60. The molecular formula is C18H33N3O. The van der Waals surface area contributed by atoms with E-state index in [0.717, 1.165) is 38.4 Å². The molecule has 1 aromatic heterocycles. The van der Waals surface area contributed by atoms with E-state index in [1.54, 1.807) is 6.07 Å². The first-order valence-electron chi connectivity index (χ1n) is 8.59. The van der Waals surface area contributed by atoms with E-state index in [2.05, 4.69) is 21.8 Å². The second-order valence-corrected chi connectivity index (χ2v) is 4.87. The number of Topliss-reactive ketones (excluding diaryl/α,β-unsaturated/α-hetero) is 1. The van der Waals surface area contributed by atoms with Gasteiger partial charge in [0.2, 0.25) is 0 Å². The number of ketones is 1. The molecule has 0 saturated carbocycles. The van der Waals surface area contributed by atoms with Gasteiger partial charge in [0.05, 0.1) is 5.69 Å². The lowest BCUT2D eigenvalue weighted by Crippen LogP contribution is -2.44. The number of likely N-dealkylation sites (N-methyl/N-ethyl adjacent to an activating group) is 1. The normalized spacial score (nSPS) is 15.2. The fourth-order valence-corrected chi connectivity index (χ4v) is 2.14. The Morgan fingerprint density at radius 2 is 1.68 bits per heavy atom. The van der Waals surface area contributed by atoms with E-state index in [1.807, 2.05) is 46.8 Å².